The average molecular weight is 466 g/mol. The third-order valence-corrected chi connectivity index (χ3v) is 5.96. The molecule has 0 spiro atoms. The van der Waals surface area contributed by atoms with Gasteiger partial charge in [0.1, 0.15) is 17.9 Å². The molecule has 0 saturated heterocycles. The highest BCUT2D eigenvalue weighted by atomic mass is 16.5. The van der Waals surface area contributed by atoms with Gasteiger partial charge in [-0.2, -0.15) is 0 Å². The van der Waals surface area contributed by atoms with Crippen LogP contribution in [0, 0.1) is 0 Å². The lowest BCUT2D eigenvalue weighted by atomic mass is 9.94. The molecule has 1 aliphatic heterocycles. The molecule has 1 N–H and O–H groups in total. The molecule has 1 aromatic heterocycles. The minimum Gasteiger partial charge on any atom is -0.503 e. The number of aliphatic hydroxyl groups is 1. The monoisotopic (exact) mass is 465 g/mol. The van der Waals surface area contributed by atoms with Crippen molar-refractivity contribution in [3.63, 3.8) is 0 Å². The average Bonchev–Trinajstić information content (AvgIpc) is 3.43. The fourth-order valence-corrected chi connectivity index (χ4v) is 4.30. The summed E-state index contributed by atoms with van der Waals surface area (Å²) in [5.74, 6) is -1.00. The third kappa shape index (κ3) is 4.22. The van der Waals surface area contributed by atoms with Crippen molar-refractivity contribution in [1.82, 2.24) is 4.90 Å². The number of rotatable bonds is 8. The van der Waals surface area contributed by atoms with Gasteiger partial charge >= 0.3 is 0 Å². The topological polar surface area (TPSA) is 80.0 Å². The highest BCUT2D eigenvalue weighted by Crippen LogP contribution is 2.41. The van der Waals surface area contributed by atoms with Crippen molar-refractivity contribution in [2.24, 2.45) is 0 Å². The Morgan fingerprint density at radius 1 is 1.03 bits per heavy atom. The molecule has 5 rings (SSSR count). The Balaban J connectivity index is 1.56. The first-order valence-electron chi connectivity index (χ1n) is 11.2. The first-order chi connectivity index (χ1) is 17.1. The van der Waals surface area contributed by atoms with Crippen molar-refractivity contribution >= 4 is 22.7 Å². The van der Waals surface area contributed by atoms with Gasteiger partial charge in [0.25, 0.3) is 5.91 Å². The van der Waals surface area contributed by atoms with E-state index in [0.717, 1.165) is 10.9 Å². The van der Waals surface area contributed by atoms with E-state index in [1.54, 1.807) is 42.5 Å². The predicted molar refractivity (Wildman–Crippen MR) is 132 cm³/mol. The molecule has 0 saturated carbocycles. The van der Waals surface area contributed by atoms with Gasteiger partial charge in [0.05, 0.1) is 11.6 Å². The zero-order valence-electron chi connectivity index (χ0n) is 18.9. The van der Waals surface area contributed by atoms with Gasteiger partial charge in [-0.15, -0.1) is 0 Å². The normalized spacial score (nSPS) is 15.6. The summed E-state index contributed by atoms with van der Waals surface area (Å²) >= 11 is 0. The molecule has 3 aromatic carbocycles. The molecule has 4 aromatic rings. The van der Waals surface area contributed by atoms with Gasteiger partial charge in [-0.1, -0.05) is 73.3 Å². The summed E-state index contributed by atoms with van der Waals surface area (Å²) in [5.41, 5.74) is 2.09. The highest BCUT2D eigenvalue weighted by molar-refractivity contribution is 6.16. The van der Waals surface area contributed by atoms with Crippen LogP contribution >= 0.6 is 0 Å². The van der Waals surface area contributed by atoms with Crippen molar-refractivity contribution in [2.45, 2.75) is 12.6 Å². The summed E-state index contributed by atoms with van der Waals surface area (Å²) in [6, 6.07) is 24.7. The van der Waals surface area contributed by atoms with Gasteiger partial charge in [-0.25, -0.2) is 0 Å². The number of amides is 1. The number of Topliss-reactive ketones (excluding diaryl/α,β-unsaturated/α-hetero) is 1. The van der Waals surface area contributed by atoms with Crippen LogP contribution in [0.1, 0.15) is 27.7 Å². The van der Waals surface area contributed by atoms with Crippen molar-refractivity contribution in [3.8, 4) is 5.75 Å². The summed E-state index contributed by atoms with van der Waals surface area (Å²) in [4.78, 5) is 28.4. The maximum atomic E-state index is 13.6. The van der Waals surface area contributed by atoms with Gasteiger partial charge in [0.2, 0.25) is 5.78 Å². The van der Waals surface area contributed by atoms with Crippen molar-refractivity contribution < 1.29 is 23.8 Å². The Labute approximate surface area is 202 Å². The Morgan fingerprint density at radius 3 is 2.46 bits per heavy atom. The summed E-state index contributed by atoms with van der Waals surface area (Å²) < 4.78 is 11.3. The zero-order valence-corrected chi connectivity index (χ0v) is 18.9. The van der Waals surface area contributed by atoms with Crippen molar-refractivity contribution in [2.75, 3.05) is 6.61 Å². The van der Waals surface area contributed by atoms with E-state index < -0.39 is 23.5 Å². The second-order valence-electron chi connectivity index (χ2n) is 8.23. The molecule has 1 amide bonds. The number of ketones is 1. The van der Waals surface area contributed by atoms with Crippen LogP contribution in [0.3, 0.4) is 0 Å². The Bertz CT molecular complexity index is 1400. The van der Waals surface area contributed by atoms with E-state index in [1.165, 1.54) is 4.90 Å². The number of hydrogen-bond acceptors (Lipinski definition) is 5. The molecule has 6 heteroatoms. The quantitative estimate of drug-likeness (QED) is 0.264. The van der Waals surface area contributed by atoms with E-state index in [2.05, 4.69) is 6.58 Å². The lowest BCUT2D eigenvalue weighted by Gasteiger charge is -2.27. The van der Waals surface area contributed by atoms with Gasteiger partial charge in [0, 0.05) is 11.9 Å². The molecular formula is C29H23NO5. The standard InChI is InChI=1S/C29H23NO5/c1-2-16-34-22-14-12-20(13-15-22)26-25(27(31)24-17-21-10-6-7-11-23(21)35-24)28(32)29(33)30(26)18-19-8-4-3-5-9-19/h2-15,17,26,32H,1,16,18H2. The van der Waals surface area contributed by atoms with E-state index in [0.29, 0.717) is 23.5 Å². The van der Waals surface area contributed by atoms with Crippen LogP contribution in [0.2, 0.25) is 0 Å². The van der Waals surface area contributed by atoms with E-state index >= 15 is 0 Å². The number of fused-ring (bicyclic) bond motifs is 1. The number of hydrogen-bond donors (Lipinski definition) is 1. The largest absolute Gasteiger partial charge is 0.503 e. The van der Waals surface area contributed by atoms with E-state index in [9.17, 15) is 14.7 Å². The SMILES string of the molecule is C=CCOc1ccc(C2C(C(=O)c3cc4ccccc4o3)=C(O)C(=O)N2Cc2ccccc2)cc1. The Morgan fingerprint density at radius 2 is 1.74 bits per heavy atom. The molecule has 174 valence electrons. The van der Waals surface area contributed by atoms with Gasteiger partial charge in [0.15, 0.2) is 11.5 Å². The number of carbonyl (C=O) groups excluding carboxylic acids is 2. The van der Waals surface area contributed by atoms with Crippen LogP contribution in [0.25, 0.3) is 11.0 Å². The lowest BCUT2D eigenvalue weighted by molar-refractivity contribution is -0.130. The van der Waals surface area contributed by atoms with Crippen LogP contribution in [-0.2, 0) is 11.3 Å². The number of nitrogens with zero attached hydrogens (tertiary/aromatic N) is 1. The molecule has 35 heavy (non-hydrogen) atoms. The second-order valence-corrected chi connectivity index (χ2v) is 8.23. The predicted octanol–water partition coefficient (Wildman–Crippen LogP) is 5.78. The smallest absolute Gasteiger partial charge is 0.290 e. The fraction of sp³-hybridized carbons (Fsp3) is 0.103. The molecule has 6 nitrogen and oxygen atoms in total. The number of para-hydroxylation sites is 1. The molecule has 0 aliphatic carbocycles. The van der Waals surface area contributed by atoms with Crippen molar-refractivity contribution in [3.05, 3.63) is 126 Å². The van der Waals surface area contributed by atoms with Gasteiger partial charge in [-0.3, -0.25) is 9.59 Å². The van der Waals surface area contributed by atoms with Crippen molar-refractivity contribution in [1.29, 1.82) is 0 Å². The summed E-state index contributed by atoms with van der Waals surface area (Å²) in [6.45, 7) is 4.23. The number of carbonyl (C=O) groups is 2. The molecule has 0 bridgehead atoms. The number of ether oxygens (including phenoxy) is 1. The Hall–Kier alpha value is -4.58. The highest BCUT2D eigenvalue weighted by Gasteiger charge is 2.44. The summed E-state index contributed by atoms with van der Waals surface area (Å²) in [7, 11) is 0. The molecule has 0 radical (unpaired) electrons. The van der Waals surface area contributed by atoms with Crippen LogP contribution < -0.4 is 4.74 Å². The summed E-state index contributed by atoms with van der Waals surface area (Å²) in [6.07, 6.45) is 1.65. The number of furan rings is 1. The summed E-state index contributed by atoms with van der Waals surface area (Å²) in [5, 5.41) is 11.7. The van der Waals surface area contributed by atoms with Crippen LogP contribution in [0.5, 0.6) is 5.75 Å². The van der Waals surface area contributed by atoms with E-state index in [-0.39, 0.29) is 17.9 Å². The van der Waals surface area contributed by atoms with Gasteiger partial charge in [-0.05, 0) is 35.4 Å². The number of aliphatic hydroxyl groups excluding tert-OH is 1. The minimum atomic E-state index is -0.795. The molecule has 1 aliphatic rings. The molecule has 1 atom stereocenters. The Kier molecular flexibility index (Phi) is 5.94. The maximum absolute atomic E-state index is 13.6. The van der Waals surface area contributed by atoms with E-state index in [4.69, 9.17) is 9.15 Å². The molecule has 1 unspecified atom stereocenters. The van der Waals surface area contributed by atoms with Crippen LogP contribution in [0.4, 0.5) is 0 Å². The minimum absolute atomic E-state index is 0.00949. The molecular weight excluding hydrogens is 442 g/mol. The molecule has 0 fully saturated rings. The van der Waals surface area contributed by atoms with Crippen LogP contribution in [-0.4, -0.2) is 28.3 Å². The van der Waals surface area contributed by atoms with E-state index in [1.807, 2.05) is 48.5 Å². The number of benzene rings is 3. The van der Waals surface area contributed by atoms with Gasteiger partial charge < -0.3 is 19.2 Å². The maximum Gasteiger partial charge on any atom is 0.290 e. The fourth-order valence-electron chi connectivity index (χ4n) is 4.30. The lowest BCUT2D eigenvalue weighted by Crippen LogP contribution is -2.30. The van der Waals surface area contributed by atoms with Crippen LogP contribution in [0.15, 0.2) is 113 Å². The first-order valence-corrected chi connectivity index (χ1v) is 11.2. The zero-order chi connectivity index (χ0) is 24.4. The second kappa shape index (κ2) is 9.35. The molecule has 2 heterocycles. The third-order valence-electron chi connectivity index (χ3n) is 5.96. The first kappa shape index (κ1) is 22.2.